The molecule has 0 saturated carbocycles. The Hall–Kier alpha value is -2.88. The Kier molecular flexibility index (Phi) is 4.45. The Morgan fingerprint density at radius 3 is 2.65 bits per heavy atom. The molecule has 0 amide bonds. The lowest BCUT2D eigenvalue weighted by Crippen LogP contribution is -2.70. The number of aliphatic hydroxyl groups is 1. The maximum atomic E-state index is 12.8. The van der Waals surface area contributed by atoms with Crippen LogP contribution in [0.25, 0.3) is 0 Å². The van der Waals surface area contributed by atoms with Crippen LogP contribution in [-0.4, -0.2) is 22.2 Å². The lowest BCUT2D eigenvalue weighted by molar-refractivity contribution is -0.172. The molecule has 2 atom stereocenters. The van der Waals surface area contributed by atoms with Crippen molar-refractivity contribution in [2.45, 2.75) is 37.7 Å². The Labute approximate surface area is 151 Å². The number of ether oxygens (including phenoxy) is 2. The standard InChI is InChI=1S/C20H20N2O4/c1-19(2)20(22,18(24)25-12-13-6-4-3-5-7-13)17(23)15-10-14(11-21)8-9-16(15)26-19/h3-10,17,23H,12,22H2,1-2H3. The number of rotatable bonds is 3. The van der Waals surface area contributed by atoms with E-state index in [9.17, 15) is 9.90 Å². The average molecular weight is 352 g/mol. The van der Waals surface area contributed by atoms with Crippen LogP contribution >= 0.6 is 0 Å². The Balaban J connectivity index is 1.92. The van der Waals surface area contributed by atoms with Crippen molar-refractivity contribution in [3.8, 4) is 11.8 Å². The molecule has 0 aromatic heterocycles. The molecule has 0 aliphatic carbocycles. The van der Waals surface area contributed by atoms with Crippen LogP contribution in [0.15, 0.2) is 48.5 Å². The van der Waals surface area contributed by atoms with Gasteiger partial charge in [-0.1, -0.05) is 30.3 Å². The summed E-state index contributed by atoms with van der Waals surface area (Å²) >= 11 is 0. The fraction of sp³-hybridized carbons (Fsp3) is 0.300. The van der Waals surface area contributed by atoms with Crippen LogP contribution in [0.3, 0.4) is 0 Å². The Morgan fingerprint density at radius 1 is 1.31 bits per heavy atom. The van der Waals surface area contributed by atoms with Gasteiger partial charge in [-0.2, -0.15) is 5.26 Å². The van der Waals surface area contributed by atoms with Gasteiger partial charge in [-0.05, 0) is 37.6 Å². The van der Waals surface area contributed by atoms with Gasteiger partial charge in [-0.15, -0.1) is 0 Å². The van der Waals surface area contributed by atoms with E-state index in [0.29, 0.717) is 16.9 Å². The van der Waals surface area contributed by atoms with Crippen LogP contribution in [0.2, 0.25) is 0 Å². The predicted octanol–water partition coefficient (Wildman–Crippen LogP) is 2.20. The molecule has 0 radical (unpaired) electrons. The van der Waals surface area contributed by atoms with Crippen LogP contribution in [0.5, 0.6) is 5.75 Å². The van der Waals surface area contributed by atoms with Crippen LogP contribution in [0, 0.1) is 11.3 Å². The maximum absolute atomic E-state index is 12.8. The van der Waals surface area contributed by atoms with Gasteiger partial charge in [0, 0.05) is 5.56 Å². The summed E-state index contributed by atoms with van der Waals surface area (Å²) in [5.74, 6) is -0.384. The van der Waals surface area contributed by atoms with Gasteiger partial charge in [0.1, 0.15) is 24.1 Å². The molecule has 1 aliphatic rings. The zero-order valence-electron chi connectivity index (χ0n) is 14.6. The van der Waals surface area contributed by atoms with Crippen molar-refractivity contribution in [2.24, 2.45) is 5.73 Å². The number of nitriles is 1. The third kappa shape index (κ3) is 2.81. The van der Waals surface area contributed by atoms with Gasteiger partial charge in [-0.3, -0.25) is 0 Å². The number of nitrogens with two attached hydrogens (primary N) is 1. The molecule has 0 fully saturated rings. The second kappa shape index (κ2) is 6.45. The highest BCUT2D eigenvalue weighted by molar-refractivity contribution is 5.84. The van der Waals surface area contributed by atoms with E-state index in [1.807, 2.05) is 36.4 Å². The molecule has 2 aromatic rings. The third-order valence-electron chi connectivity index (χ3n) is 4.78. The van der Waals surface area contributed by atoms with Gasteiger partial charge in [0.05, 0.1) is 11.6 Å². The number of fused-ring (bicyclic) bond motifs is 1. The van der Waals surface area contributed by atoms with Gasteiger partial charge in [0.15, 0.2) is 5.54 Å². The number of hydrogen-bond donors (Lipinski definition) is 2. The van der Waals surface area contributed by atoms with Crippen LogP contribution in [0.4, 0.5) is 0 Å². The Morgan fingerprint density at radius 2 is 2.00 bits per heavy atom. The summed E-state index contributed by atoms with van der Waals surface area (Å²) in [6.45, 7) is 3.29. The zero-order chi connectivity index (χ0) is 18.9. The normalized spacial score (nSPS) is 23.3. The highest BCUT2D eigenvalue weighted by atomic mass is 16.5. The molecule has 3 N–H and O–H groups in total. The molecule has 0 bridgehead atoms. The summed E-state index contributed by atoms with van der Waals surface area (Å²) in [5, 5.41) is 20.0. The third-order valence-corrected chi connectivity index (χ3v) is 4.78. The number of carbonyl (C=O) groups is 1. The number of carbonyl (C=O) groups excluding carboxylic acids is 1. The van der Waals surface area contributed by atoms with Gasteiger partial charge in [-0.25, -0.2) is 4.79 Å². The Bertz CT molecular complexity index is 873. The van der Waals surface area contributed by atoms with Crippen molar-refractivity contribution in [1.29, 1.82) is 5.26 Å². The smallest absolute Gasteiger partial charge is 0.333 e. The fourth-order valence-corrected chi connectivity index (χ4v) is 3.06. The monoisotopic (exact) mass is 352 g/mol. The summed E-state index contributed by atoms with van der Waals surface area (Å²) in [6, 6.07) is 15.8. The van der Waals surface area contributed by atoms with Crippen molar-refractivity contribution < 1.29 is 19.4 Å². The first-order valence-electron chi connectivity index (χ1n) is 8.21. The molecule has 1 aliphatic heterocycles. The first-order valence-corrected chi connectivity index (χ1v) is 8.21. The molecule has 6 nitrogen and oxygen atoms in total. The lowest BCUT2D eigenvalue weighted by Gasteiger charge is -2.48. The van der Waals surface area contributed by atoms with E-state index in [0.717, 1.165) is 5.56 Å². The SMILES string of the molecule is CC1(C)Oc2ccc(C#N)cc2C(O)C1(N)C(=O)OCc1ccccc1. The minimum atomic E-state index is -1.83. The summed E-state index contributed by atoms with van der Waals surface area (Å²) in [6.07, 6.45) is -1.38. The minimum absolute atomic E-state index is 0.0342. The van der Waals surface area contributed by atoms with Gasteiger partial charge in [0.2, 0.25) is 0 Å². The van der Waals surface area contributed by atoms with E-state index < -0.39 is 23.2 Å². The number of benzene rings is 2. The molecule has 0 saturated heterocycles. The molecule has 134 valence electrons. The molecule has 6 heteroatoms. The molecular weight excluding hydrogens is 332 g/mol. The summed E-state index contributed by atoms with van der Waals surface area (Å²) in [7, 11) is 0. The van der Waals surface area contributed by atoms with E-state index in [1.54, 1.807) is 26.0 Å². The van der Waals surface area contributed by atoms with Crippen molar-refractivity contribution in [3.63, 3.8) is 0 Å². The second-order valence-corrected chi connectivity index (χ2v) is 6.81. The predicted molar refractivity (Wildman–Crippen MR) is 94.0 cm³/mol. The molecule has 26 heavy (non-hydrogen) atoms. The van der Waals surface area contributed by atoms with Crippen molar-refractivity contribution in [2.75, 3.05) is 0 Å². The van der Waals surface area contributed by atoms with Gasteiger partial charge in [0.25, 0.3) is 0 Å². The number of aliphatic hydroxyl groups excluding tert-OH is 1. The van der Waals surface area contributed by atoms with E-state index >= 15 is 0 Å². The highest BCUT2D eigenvalue weighted by Gasteiger charge is 2.60. The van der Waals surface area contributed by atoms with E-state index in [-0.39, 0.29) is 6.61 Å². The van der Waals surface area contributed by atoms with Crippen molar-refractivity contribution in [1.82, 2.24) is 0 Å². The molecule has 2 unspecified atom stereocenters. The van der Waals surface area contributed by atoms with Gasteiger partial charge < -0.3 is 20.3 Å². The number of nitrogens with zero attached hydrogens (tertiary/aromatic N) is 1. The average Bonchev–Trinajstić information content (AvgIpc) is 2.64. The molecule has 1 heterocycles. The molecule has 2 aromatic carbocycles. The van der Waals surface area contributed by atoms with E-state index in [1.165, 1.54) is 6.07 Å². The fourth-order valence-electron chi connectivity index (χ4n) is 3.06. The summed E-state index contributed by atoms with van der Waals surface area (Å²) < 4.78 is 11.3. The highest BCUT2D eigenvalue weighted by Crippen LogP contribution is 2.46. The van der Waals surface area contributed by atoms with E-state index in [4.69, 9.17) is 20.5 Å². The second-order valence-electron chi connectivity index (χ2n) is 6.81. The quantitative estimate of drug-likeness (QED) is 0.821. The van der Waals surface area contributed by atoms with Crippen molar-refractivity contribution >= 4 is 5.97 Å². The van der Waals surface area contributed by atoms with Gasteiger partial charge >= 0.3 is 5.97 Å². The number of hydrogen-bond acceptors (Lipinski definition) is 6. The minimum Gasteiger partial charge on any atom is -0.485 e. The number of esters is 1. The molecule has 3 rings (SSSR count). The van der Waals surface area contributed by atoms with Crippen LogP contribution in [-0.2, 0) is 16.1 Å². The van der Waals surface area contributed by atoms with Crippen molar-refractivity contribution in [3.05, 3.63) is 65.2 Å². The van der Waals surface area contributed by atoms with Crippen LogP contribution in [0.1, 0.15) is 36.6 Å². The first-order chi connectivity index (χ1) is 12.3. The summed E-state index contributed by atoms with van der Waals surface area (Å²) in [5.41, 5.74) is 4.75. The molecule has 0 spiro atoms. The summed E-state index contributed by atoms with van der Waals surface area (Å²) in [4.78, 5) is 12.8. The van der Waals surface area contributed by atoms with E-state index in [2.05, 4.69) is 0 Å². The lowest BCUT2D eigenvalue weighted by atomic mass is 9.73. The zero-order valence-corrected chi connectivity index (χ0v) is 14.6. The largest absolute Gasteiger partial charge is 0.485 e. The topological polar surface area (TPSA) is 106 Å². The maximum Gasteiger partial charge on any atom is 0.333 e. The first kappa shape index (κ1) is 17.9. The van der Waals surface area contributed by atoms with Crippen LogP contribution < -0.4 is 10.5 Å². The molecular formula is C20H20N2O4.